The van der Waals surface area contributed by atoms with Gasteiger partial charge in [-0.15, -0.1) is 0 Å². The van der Waals surface area contributed by atoms with Gasteiger partial charge in [0.2, 0.25) is 0 Å². The third-order valence-corrected chi connectivity index (χ3v) is 5.59. The van der Waals surface area contributed by atoms with Crippen molar-refractivity contribution in [1.29, 1.82) is 0 Å². The molecular formula is C21H16ClN3O3S. The molecule has 0 aliphatic rings. The van der Waals surface area contributed by atoms with Crippen LogP contribution in [0, 0.1) is 0 Å². The van der Waals surface area contributed by atoms with Crippen LogP contribution in [0.25, 0.3) is 21.5 Å². The number of aromatic nitrogens is 2. The molecule has 0 saturated heterocycles. The van der Waals surface area contributed by atoms with E-state index < -0.39 is 12.7 Å². The zero-order valence-corrected chi connectivity index (χ0v) is 16.6. The number of amides is 1. The van der Waals surface area contributed by atoms with Crippen LogP contribution in [0.4, 0.5) is 5.13 Å². The van der Waals surface area contributed by atoms with Crippen LogP contribution >= 0.6 is 22.9 Å². The van der Waals surface area contributed by atoms with E-state index in [9.17, 15) is 9.90 Å². The number of aliphatic hydroxyl groups excluding tert-OH is 2. The van der Waals surface area contributed by atoms with Crippen LogP contribution in [0.2, 0.25) is 5.02 Å². The minimum atomic E-state index is -1.03. The Balaban J connectivity index is 1.52. The lowest BCUT2D eigenvalue weighted by Gasteiger charge is -2.10. The maximum absolute atomic E-state index is 12.5. The van der Waals surface area contributed by atoms with Crippen LogP contribution in [-0.2, 0) is 0 Å². The molecule has 0 aliphatic carbocycles. The minimum Gasteiger partial charge on any atom is -0.393 e. The van der Waals surface area contributed by atoms with Crippen molar-refractivity contribution in [2.24, 2.45) is 0 Å². The monoisotopic (exact) mass is 425 g/mol. The van der Waals surface area contributed by atoms with E-state index in [4.69, 9.17) is 16.7 Å². The molecule has 1 amide bonds. The molecule has 4 rings (SSSR count). The largest absolute Gasteiger partial charge is 0.393 e. The molecule has 6 nitrogen and oxygen atoms in total. The maximum Gasteiger partial charge on any atom is 0.257 e. The van der Waals surface area contributed by atoms with Crippen molar-refractivity contribution in [2.75, 3.05) is 11.9 Å². The topological polar surface area (TPSA) is 95.3 Å². The van der Waals surface area contributed by atoms with E-state index in [1.54, 1.807) is 30.3 Å². The molecule has 0 spiro atoms. The van der Waals surface area contributed by atoms with Crippen molar-refractivity contribution in [3.8, 4) is 11.3 Å². The average molecular weight is 426 g/mol. The lowest BCUT2D eigenvalue weighted by molar-refractivity contribution is 0.0954. The summed E-state index contributed by atoms with van der Waals surface area (Å²) in [6.07, 6.45) is 0.443. The van der Waals surface area contributed by atoms with Crippen LogP contribution < -0.4 is 5.32 Å². The SMILES string of the molecule is O=C(Nc1nc2ccccc2s1)c1ccc(-c2ncc(C(O)CO)cc2Cl)cc1. The Morgan fingerprint density at radius 3 is 2.62 bits per heavy atom. The predicted molar refractivity (Wildman–Crippen MR) is 114 cm³/mol. The number of benzene rings is 2. The first-order chi connectivity index (χ1) is 14.0. The third-order valence-electron chi connectivity index (χ3n) is 4.35. The molecule has 146 valence electrons. The number of carbonyl (C=O) groups is 1. The summed E-state index contributed by atoms with van der Waals surface area (Å²) in [5.41, 5.74) is 3.03. The van der Waals surface area contributed by atoms with Crippen LogP contribution in [0.5, 0.6) is 0 Å². The Morgan fingerprint density at radius 1 is 1.17 bits per heavy atom. The van der Waals surface area contributed by atoms with Gasteiger partial charge in [-0.25, -0.2) is 4.98 Å². The van der Waals surface area contributed by atoms with Gasteiger partial charge in [-0.1, -0.05) is 47.2 Å². The summed E-state index contributed by atoms with van der Waals surface area (Å²) in [5.74, 6) is -0.254. The summed E-state index contributed by atoms with van der Waals surface area (Å²) < 4.78 is 1.01. The first kappa shape index (κ1) is 19.5. The Morgan fingerprint density at radius 2 is 1.93 bits per heavy atom. The Hall–Kier alpha value is -2.84. The number of hydrogen-bond acceptors (Lipinski definition) is 6. The molecule has 2 heterocycles. The molecule has 3 N–H and O–H groups in total. The van der Waals surface area contributed by atoms with Gasteiger partial charge in [0.15, 0.2) is 5.13 Å². The Labute approximate surface area is 175 Å². The van der Waals surface area contributed by atoms with E-state index in [1.807, 2.05) is 24.3 Å². The van der Waals surface area contributed by atoms with Crippen molar-refractivity contribution in [1.82, 2.24) is 9.97 Å². The van der Waals surface area contributed by atoms with Gasteiger partial charge in [0.1, 0.15) is 6.10 Å². The highest BCUT2D eigenvalue weighted by Gasteiger charge is 2.13. The van der Waals surface area contributed by atoms with Crippen LogP contribution in [0.3, 0.4) is 0 Å². The summed E-state index contributed by atoms with van der Waals surface area (Å²) in [7, 11) is 0. The normalized spacial score (nSPS) is 12.1. The number of para-hydroxylation sites is 1. The molecule has 0 radical (unpaired) electrons. The number of thiazole rings is 1. The Kier molecular flexibility index (Phi) is 5.55. The molecule has 0 aliphatic heterocycles. The lowest BCUT2D eigenvalue weighted by atomic mass is 10.1. The van der Waals surface area contributed by atoms with Crippen molar-refractivity contribution in [3.63, 3.8) is 0 Å². The van der Waals surface area contributed by atoms with Crippen molar-refractivity contribution in [3.05, 3.63) is 76.9 Å². The van der Waals surface area contributed by atoms with E-state index in [0.717, 1.165) is 15.8 Å². The first-order valence-electron chi connectivity index (χ1n) is 8.77. The van der Waals surface area contributed by atoms with Gasteiger partial charge >= 0.3 is 0 Å². The number of carbonyl (C=O) groups excluding carboxylic acids is 1. The summed E-state index contributed by atoms with van der Waals surface area (Å²) in [4.78, 5) is 21.2. The summed E-state index contributed by atoms with van der Waals surface area (Å²) >= 11 is 7.69. The van der Waals surface area contributed by atoms with Gasteiger partial charge in [0.25, 0.3) is 5.91 Å². The van der Waals surface area contributed by atoms with Gasteiger partial charge in [0.05, 0.1) is 27.5 Å². The molecule has 1 atom stereocenters. The van der Waals surface area contributed by atoms with E-state index in [0.29, 0.717) is 27.0 Å². The smallest absolute Gasteiger partial charge is 0.257 e. The van der Waals surface area contributed by atoms with Gasteiger partial charge in [-0.05, 0) is 30.3 Å². The standard InChI is InChI=1S/C21H16ClN3O3S/c22-15-9-14(17(27)11-26)10-23-19(15)12-5-7-13(8-6-12)20(28)25-21-24-16-3-1-2-4-18(16)29-21/h1-10,17,26-27H,11H2,(H,24,25,28). The van der Waals surface area contributed by atoms with Crippen molar-refractivity contribution in [2.45, 2.75) is 6.10 Å². The van der Waals surface area contributed by atoms with E-state index >= 15 is 0 Å². The van der Waals surface area contributed by atoms with Gasteiger partial charge in [-0.3, -0.25) is 15.1 Å². The van der Waals surface area contributed by atoms with E-state index in [-0.39, 0.29) is 5.91 Å². The molecule has 8 heteroatoms. The highest BCUT2D eigenvalue weighted by molar-refractivity contribution is 7.22. The Bertz CT molecular complexity index is 1140. The second kappa shape index (κ2) is 8.26. The molecular weight excluding hydrogens is 410 g/mol. The number of aliphatic hydroxyl groups is 2. The molecule has 0 bridgehead atoms. The first-order valence-corrected chi connectivity index (χ1v) is 9.96. The number of halogens is 1. The number of nitrogens with one attached hydrogen (secondary N) is 1. The fourth-order valence-electron chi connectivity index (χ4n) is 2.83. The van der Waals surface area contributed by atoms with E-state index in [1.165, 1.54) is 17.5 Å². The number of nitrogens with zero attached hydrogens (tertiary/aromatic N) is 2. The maximum atomic E-state index is 12.5. The number of fused-ring (bicyclic) bond motifs is 1. The van der Waals surface area contributed by atoms with Gasteiger partial charge in [0, 0.05) is 22.9 Å². The summed E-state index contributed by atoms with van der Waals surface area (Å²) in [6.45, 7) is -0.407. The number of pyridine rings is 1. The second-order valence-electron chi connectivity index (χ2n) is 6.32. The molecule has 0 saturated carbocycles. The molecule has 2 aromatic heterocycles. The van der Waals surface area contributed by atoms with Crippen LogP contribution in [0.1, 0.15) is 22.0 Å². The highest BCUT2D eigenvalue weighted by Crippen LogP contribution is 2.29. The number of hydrogen-bond donors (Lipinski definition) is 3. The quantitative estimate of drug-likeness (QED) is 0.443. The molecule has 1 unspecified atom stereocenters. The van der Waals surface area contributed by atoms with E-state index in [2.05, 4.69) is 15.3 Å². The lowest BCUT2D eigenvalue weighted by Crippen LogP contribution is -2.11. The molecule has 2 aromatic carbocycles. The number of anilines is 1. The minimum absolute atomic E-state index is 0.254. The van der Waals surface area contributed by atoms with Crippen molar-refractivity contribution < 1.29 is 15.0 Å². The van der Waals surface area contributed by atoms with Gasteiger partial charge in [-0.2, -0.15) is 0 Å². The zero-order chi connectivity index (χ0) is 20.4. The fourth-order valence-corrected chi connectivity index (χ4v) is 3.97. The molecule has 29 heavy (non-hydrogen) atoms. The predicted octanol–water partition coefficient (Wildman–Crippen LogP) is 4.29. The van der Waals surface area contributed by atoms with Gasteiger partial charge < -0.3 is 10.2 Å². The molecule has 4 aromatic rings. The highest BCUT2D eigenvalue weighted by atomic mass is 35.5. The zero-order valence-electron chi connectivity index (χ0n) is 15.0. The van der Waals surface area contributed by atoms with Crippen molar-refractivity contribution >= 4 is 44.2 Å². The second-order valence-corrected chi connectivity index (χ2v) is 7.75. The average Bonchev–Trinajstić information content (AvgIpc) is 3.15. The van der Waals surface area contributed by atoms with Crippen LogP contribution in [0.15, 0.2) is 60.8 Å². The number of rotatable bonds is 5. The summed E-state index contributed by atoms with van der Waals surface area (Å²) in [5, 5.41) is 22.4. The van der Waals surface area contributed by atoms with Crippen LogP contribution in [-0.4, -0.2) is 32.7 Å². The molecule has 0 fully saturated rings. The fraction of sp³-hybridized carbons (Fsp3) is 0.0952. The summed E-state index contributed by atoms with van der Waals surface area (Å²) in [6, 6.07) is 16.1. The third kappa shape index (κ3) is 4.13.